The minimum atomic E-state index is 0.804. The largest absolute Gasteiger partial charge is 0.225 e. The highest BCUT2D eigenvalue weighted by molar-refractivity contribution is 5.32. The van der Waals surface area contributed by atoms with Gasteiger partial charge in [-0.1, -0.05) is 24.3 Å². The van der Waals surface area contributed by atoms with E-state index in [0.717, 1.165) is 18.8 Å². The molecule has 1 aliphatic heterocycles. The van der Waals surface area contributed by atoms with Crippen LogP contribution in [0.4, 0.5) is 0 Å². The van der Waals surface area contributed by atoms with E-state index in [9.17, 15) is 0 Å². The first-order valence-corrected chi connectivity index (χ1v) is 4.25. The van der Waals surface area contributed by atoms with Crippen molar-refractivity contribution in [2.24, 2.45) is 0 Å². The SMILES string of the molecule is c1ccc2c(c1)Cc1nnnn1C2. The summed E-state index contributed by atoms with van der Waals surface area (Å²) in [5, 5.41) is 11.5. The molecule has 1 aliphatic rings. The van der Waals surface area contributed by atoms with Gasteiger partial charge in [-0.25, -0.2) is 4.68 Å². The number of benzene rings is 1. The normalized spacial score (nSPS) is 13.5. The molecular formula is C9H8N4. The summed E-state index contributed by atoms with van der Waals surface area (Å²) in [6, 6.07) is 8.36. The molecule has 0 unspecified atom stereocenters. The number of aromatic nitrogens is 4. The van der Waals surface area contributed by atoms with Gasteiger partial charge in [0.05, 0.1) is 6.54 Å². The van der Waals surface area contributed by atoms with E-state index >= 15 is 0 Å². The van der Waals surface area contributed by atoms with E-state index in [2.05, 4.69) is 33.7 Å². The van der Waals surface area contributed by atoms with Gasteiger partial charge in [0.1, 0.15) is 0 Å². The van der Waals surface area contributed by atoms with E-state index in [4.69, 9.17) is 0 Å². The zero-order valence-corrected chi connectivity index (χ0v) is 7.01. The Labute approximate surface area is 75.2 Å². The third-order valence-electron chi connectivity index (χ3n) is 2.39. The first-order valence-electron chi connectivity index (χ1n) is 4.25. The Bertz CT molecular complexity index is 407. The van der Waals surface area contributed by atoms with Crippen molar-refractivity contribution in [1.82, 2.24) is 20.2 Å². The highest BCUT2D eigenvalue weighted by Gasteiger charge is 2.15. The Kier molecular flexibility index (Phi) is 1.24. The van der Waals surface area contributed by atoms with Crippen LogP contribution in [-0.4, -0.2) is 20.2 Å². The van der Waals surface area contributed by atoms with Gasteiger partial charge < -0.3 is 0 Å². The molecule has 13 heavy (non-hydrogen) atoms. The molecule has 0 N–H and O–H groups in total. The van der Waals surface area contributed by atoms with Crippen molar-refractivity contribution in [2.45, 2.75) is 13.0 Å². The van der Waals surface area contributed by atoms with Gasteiger partial charge in [0.25, 0.3) is 0 Å². The van der Waals surface area contributed by atoms with E-state index < -0.39 is 0 Å². The number of tetrazole rings is 1. The zero-order valence-electron chi connectivity index (χ0n) is 7.01. The van der Waals surface area contributed by atoms with Crippen LogP contribution < -0.4 is 0 Å². The maximum atomic E-state index is 3.96. The Morgan fingerprint density at radius 1 is 1.15 bits per heavy atom. The molecule has 2 heterocycles. The van der Waals surface area contributed by atoms with Crippen LogP contribution in [0.25, 0.3) is 0 Å². The molecule has 3 rings (SSSR count). The molecule has 0 saturated carbocycles. The molecule has 1 aromatic heterocycles. The van der Waals surface area contributed by atoms with Crippen LogP contribution >= 0.6 is 0 Å². The second-order valence-corrected chi connectivity index (χ2v) is 3.20. The number of fused-ring (bicyclic) bond motifs is 2. The number of nitrogens with zero attached hydrogens (tertiary/aromatic N) is 4. The molecule has 1 aromatic carbocycles. The fourth-order valence-corrected chi connectivity index (χ4v) is 1.69. The summed E-state index contributed by atoms with van der Waals surface area (Å²) in [6.07, 6.45) is 0.850. The van der Waals surface area contributed by atoms with E-state index in [1.807, 2.05) is 10.7 Å². The van der Waals surface area contributed by atoms with Gasteiger partial charge in [0, 0.05) is 6.42 Å². The zero-order chi connectivity index (χ0) is 8.67. The van der Waals surface area contributed by atoms with Gasteiger partial charge >= 0.3 is 0 Å². The fraction of sp³-hybridized carbons (Fsp3) is 0.222. The second kappa shape index (κ2) is 2.39. The predicted molar refractivity (Wildman–Crippen MR) is 46.2 cm³/mol. The van der Waals surface area contributed by atoms with Crippen molar-refractivity contribution >= 4 is 0 Å². The molecule has 4 nitrogen and oxygen atoms in total. The van der Waals surface area contributed by atoms with Gasteiger partial charge in [-0.15, -0.1) is 5.10 Å². The minimum absolute atomic E-state index is 0.804. The van der Waals surface area contributed by atoms with Gasteiger partial charge in [-0.2, -0.15) is 0 Å². The lowest BCUT2D eigenvalue weighted by Crippen LogP contribution is -2.15. The lowest BCUT2D eigenvalue weighted by molar-refractivity contribution is 0.603. The van der Waals surface area contributed by atoms with Crippen molar-refractivity contribution in [2.75, 3.05) is 0 Å². The number of rotatable bonds is 0. The van der Waals surface area contributed by atoms with Crippen molar-refractivity contribution in [3.8, 4) is 0 Å². The Balaban J connectivity index is 2.14. The van der Waals surface area contributed by atoms with Crippen LogP contribution in [0.15, 0.2) is 24.3 Å². The number of hydrogen-bond donors (Lipinski definition) is 0. The molecule has 2 aromatic rings. The van der Waals surface area contributed by atoms with Crippen molar-refractivity contribution in [3.05, 3.63) is 41.2 Å². The van der Waals surface area contributed by atoms with E-state index in [1.54, 1.807) is 0 Å². The Morgan fingerprint density at radius 3 is 2.92 bits per heavy atom. The molecule has 0 amide bonds. The lowest BCUT2D eigenvalue weighted by atomic mass is 10.0. The van der Waals surface area contributed by atoms with Gasteiger partial charge in [-0.3, -0.25) is 0 Å². The maximum absolute atomic E-state index is 3.96. The molecule has 0 fully saturated rings. The van der Waals surface area contributed by atoms with Crippen LogP contribution in [-0.2, 0) is 13.0 Å². The fourth-order valence-electron chi connectivity index (χ4n) is 1.69. The van der Waals surface area contributed by atoms with Crippen molar-refractivity contribution < 1.29 is 0 Å². The summed E-state index contributed by atoms with van der Waals surface area (Å²) in [5.74, 6) is 0.957. The van der Waals surface area contributed by atoms with Crippen molar-refractivity contribution in [1.29, 1.82) is 0 Å². The van der Waals surface area contributed by atoms with E-state index in [1.165, 1.54) is 11.1 Å². The average molecular weight is 172 g/mol. The quantitative estimate of drug-likeness (QED) is 0.499. The lowest BCUT2D eigenvalue weighted by Gasteiger charge is -2.14. The van der Waals surface area contributed by atoms with E-state index in [0.29, 0.717) is 0 Å². The molecule has 0 radical (unpaired) electrons. The smallest absolute Gasteiger partial charge is 0.156 e. The van der Waals surface area contributed by atoms with E-state index in [-0.39, 0.29) is 0 Å². The highest BCUT2D eigenvalue weighted by atomic mass is 15.5. The average Bonchev–Trinajstić information content (AvgIpc) is 2.61. The molecule has 0 atom stereocenters. The molecule has 4 heteroatoms. The van der Waals surface area contributed by atoms with Gasteiger partial charge in [-0.05, 0) is 21.6 Å². The minimum Gasteiger partial charge on any atom is -0.225 e. The first-order chi connectivity index (χ1) is 6.43. The van der Waals surface area contributed by atoms with Crippen LogP contribution in [0.2, 0.25) is 0 Å². The van der Waals surface area contributed by atoms with Crippen LogP contribution in [0.1, 0.15) is 17.0 Å². The molecule has 0 aliphatic carbocycles. The summed E-state index contributed by atoms with van der Waals surface area (Å²) in [7, 11) is 0. The Hall–Kier alpha value is -1.71. The van der Waals surface area contributed by atoms with Crippen molar-refractivity contribution in [3.63, 3.8) is 0 Å². The highest BCUT2D eigenvalue weighted by Crippen LogP contribution is 2.18. The molecule has 0 saturated heterocycles. The Morgan fingerprint density at radius 2 is 2.00 bits per heavy atom. The molecule has 64 valence electrons. The maximum Gasteiger partial charge on any atom is 0.156 e. The first kappa shape index (κ1) is 6.77. The topological polar surface area (TPSA) is 43.6 Å². The molecular weight excluding hydrogens is 164 g/mol. The third kappa shape index (κ3) is 0.950. The molecule has 0 bridgehead atoms. The summed E-state index contributed by atoms with van der Waals surface area (Å²) >= 11 is 0. The number of hydrogen-bond acceptors (Lipinski definition) is 3. The summed E-state index contributed by atoms with van der Waals surface area (Å²) in [6.45, 7) is 0.804. The standard InChI is InChI=1S/C9H8N4/c1-2-4-8-6-13-9(10-11-12-13)5-7(8)3-1/h1-4H,5-6H2. The summed E-state index contributed by atoms with van der Waals surface area (Å²) in [4.78, 5) is 0. The molecule has 0 spiro atoms. The summed E-state index contributed by atoms with van der Waals surface area (Å²) in [5.41, 5.74) is 2.66. The second-order valence-electron chi connectivity index (χ2n) is 3.20. The summed E-state index contributed by atoms with van der Waals surface area (Å²) < 4.78 is 1.85. The van der Waals surface area contributed by atoms with Crippen LogP contribution in [0, 0.1) is 0 Å². The van der Waals surface area contributed by atoms with Gasteiger partial charge in [0.15, 0.2) is 5.82 Å². The third-order valence-corrected chi connectivity index (χ3v) is 2.39. The van der Waals surface area contributed by atoms with Gasteiger partial charge in [0.2, 0.25) is 0 Å². The van der Waals surface area contributed by atoms with Crippen LogP contribution in [0.5, 0.6) is 0 Å². The predicted octanol–water partition coefficient (Wildman–Crippen LogP) is 0.626. The van der Waals surface area contributed by atoms with Crippen LogP contribution in [0.3, 0.4) is 0 Å². The monoisotopic (exact) mass is 172 g/mol.